The Morgan fingerprint density at radius 2 is 0.905 bits per heavy atom. The van der Waals surface area contributed by atoms with Crippen LogP contribution in [0.4, 0.5) is 0 Å². The van der Waals surface area contributed by atoms with Crippen LogP contribution >= 0.6 is 0 Å². The Morgan fingerprint density at radius 1 is 0.500 bits per heavy atom. The fraction of sp³-hybridized carbons (Fsp3) is 0.265. The Hall–Kier alpha value is -9.22. The average molecular weight is 1110 g/mol. The van der Waals surface area contributed by atoms with E-state index in [1.165, 1.54) is 4.90 Å². The molecule has 4 saturated carbocycles. The fourth-order valence-electron chi connectivity index (χ4n) is 13.9. The number of nitrogens with zero attached hydrogens (tertiary/aromatic N) is 9. The number of benzene rings is 5. The molecule has 84 heavy (non-hydrogen) atoms. The molecule has 5 aliphatic rings. The zero-order valence-corrected chi connectivity index (χ0v) is 46.7. The summed E-state index contributed by atoms with van der Waals surface area (Å²) >= 11 is 0. The predicted molar refractivity (Wildman–Crippen MR) is 323 cm³/mol. The number of hydrogen-bond acceptors (Lipinski definition) is 13. The average Bonchev–Trinajstić information content (AvgIpc) is 2.04. The van der Waals surface area contributed by atoms with Gasteiger partial charge in [-0.2, -0.15) is 0 Å². The van der Waals surface area contributed by atoms with Gasteiger partial charge in [0.15, 0.2) is 11.3 Å². The van der Waals surface area contributed by atoms with Crippen LogP contribution in [0.1, 0.15) is 110 Å². The quantitative estimate of drug-likeness (QED) is 0.0603. The van der Waals surface area contributed by atoms with Gasteiger partial charge in [0, 0.05) is 54.9 Å². The molecule has 0 spiro atoms. The molecule has 5 aromatic carbocycles. The number of carbonyl (C=O) groups excluding carboxylic acids is 2. The number of carbonyl (C=O) groups is 2. The molecule has 420 valence electrons. The zero-order chi connectivity index (χ0) is 57.7. The van der Waals surface area contributed by atoms with E-state index < -0.39 is 22.3 Å². The summed E-state index contributed by atoms with van der Waals surface area (Å²) in [6, 6.07) is 56.4. The van der Waals surface area contributed by atoms with E-state index in [1.54, 1.807) is 24.3 Å². The second-order valence-electron chi connectivity index (χ2n) is 23.6. The molecule has 11 aromatic rings. The van der Waals surface area contributed by atoms with Crippen LogP contribution in [0.25, 0.3) is 78.1 Å². The summed E-state index contributed by atoms with van der Waals surface area (Å²) in [5.41, 5.74) is 29.9. The van der Waals surface area contributed by atoms with Gasteiger partial charge in [-0.05, 0) is 121 Å². The molecule has 16 nitrogen and oxygen atoms in total. The minimum atomic E-state index is -0.918. The van der Waals surface area contributed by atoms with Gasteiger partial charge < -0.3 is 15.9 Å². The SMILES string of the molecule is CCc1nnc2ccc3nc(-c4ccc(C5(N)CC(O)(C6CC6)C5)cc4)c(-c4ccccc4)cc3n12.CCc1nnc2ccc3nc(-c4ccc(C5(N6C(=O)c7ccccc7C6=O)CC(O)(C6CC6)C5)cc4)c(-c4ccccc4)cc3n12.N=N.[HH]. The molecule has 1 aliphatic heterocycles. The van der Waals surface area contributed by atoms with Crippen LogP contribution in [0.5, 0.6) is 0 Å². The maximum Gasteiger partial charge on any atom is 0.262 e. The van der Waals surface area contributed by atoms with Gasteiger partial charge >= 0.3 is 0 Å². The third-order valence-electron chi connectivity index (χ3n) is 18.4. The summed E-state index contributed by atoms with van der Waals surface area (Å²) < 4.78 is 4.18. The summed E-state index contributed by atoms with van der Waals surface area (Å²) in [6.45, 7) is 4.16. The molecule has 16 heteroatoms. The Bertz CT molecular complexity index is 4360. The number of nitrogens with one attached hydrogen (secondary N) is 2. The van der Waals surface area contributed by atoms with E-state index in [9.17, 15) is 19.8 Å². The Morgan fingerprint density at radius 3 is 1.32 bits per heavy atom. The molecule has 2 amide bonds. The van der Waals surface area contributed by atoms with Crippen molar-refractivity contribution in [3.8, 4) is 44.8 Å². The predicted octanol–water partition coefficient (Wildman–Crippen LogP) is 12.7. The highest BCUT2D eigenvalue weighted by molar-refractivity contribution is 6.22. The molecule has 4 fully saturated rings. The second-order valence-corrected chi connectivity index (χ2v) is 23.6. The maximum atomic E-state index is 13.8. The van der Waals surface area contributed by atoms with E-state index >= 15 is 0 Å². The van der Waals surface area contributed by atoms with Crippen molar-refractivity contribution in [2.24, 2.45) is 17.6 Å². The molecule has 4 aliphatic carbocycles. The van der Waals surface area contributed by atoms with Crippen LogP contribution in [-0.4, -0.2) is 77.3 Å². The highest BCUT2D eigenvalue weighted by Gasteiger charge is 2.66. The van der Waals surface area contributed by atoms with E-state index in [0.717, 1.165) is 139 Å². The molecular weight excluding hydrogens is 1050 g/mol. The number of nitrogens with two attached hydrogens (primary N) is 1. The largest absolute Gasteiger partial charge is 0.389 e. The maximum absolute atomic E-state index is 13.8. The fourth-order valence-corrected chi connectivity index (χ4v) is 13.9. The van der Waals surface area contributed by atoms with Crippen LogP contribution < -0.4 is 5.73 Å². The van der Waals surface area contributed by atoms with Crippen LogP contribution in [0.2, 0.25) is 0 Å². The van der Waals surface area contributed by atoms with Gasteiger partial charge in [-0.3, -0.25) is 23.3 Å². The molecule has 0 saturated heterocycles. The number of fused-ring (bicyclic) bond motifs is 7. The molecule has 0 bridgehead atoms. The van der Waals surface area contributed by atoms with Crippen molar-refractivity contribution in [1.29, 1.82) is 11.1 Å². The number of aromatic nitrogens is 8. The first-order chi connectivity index (χ1) is 40.9. The molecule has 0 radical (unpaired) electrons. The normalized spacial score (nSPS) is 22.5. The lowest BCUT2D eigenvalue weighted by Crippen LogP contribution is -2.65. The topological polar surface area (TPSA) is 238 Å². The highest BCUT2D eigenvalue weighted by Crippen LogP contribution is 2.62. The number of rotatable bonds is 11. The first-order valence-corrected chi connectivity index (χ1v) is 29.0. The molecule has 6 aromatic heterocycles. The zero-order valence-electron chi connectivity index (χ0n) is 46.7. The lowest BCUT2D eigenvalue weighted by molar-refractivity contribution is -0.143. The minimum Gasteiger partial charge on any atom is -0.389 e. The van der Waals surface area contributed by atoms with Gasteiger partial charge in [-0.1, -0.05) is 135 Å². The van der Waals surface area contributed by atoms with Crippen LogP contribution in [-0.2, 0) is 23.9 Å². The van der Waals surface area contributed by atoms with E-state index in [4.69, 9.17) is 26.8 Å². The van der Waals surface area contributed by atoms with E-state index in [2.05, 4.69) is 116 Å². The van der Waals surface area contributed by atoms with Crippen molar-refractivity contribution in [1.82, 2.24) is 44.1 Å². The number of aliphatic hydroxyl groups is 2. The van der Waals surface area contributed by atoms with Gasteiger partial charge in [0.25, 0.3) is 11.8 Å². The van der Waals surface area contributed by atoms with Gasteiger partial charge in [0.1, 0.15) is 11.6 Å². The standard InChI is InChI=1S/C38H31N5O3.C30H29N5O.H2N2.H2/c1-2-32-40-41-33-19-18-30-31(42(32)33)20-29(23-8-4-3-5-9-23)34(39-30)24-12-14-25(15-13-24)37(21-38(46,22-37)26-16-17-26)43-35(44)27-10-6-7-11-28(27)36(43)45;1-2-26-33-34-27-15-14-24-25(35(26)27)16-23(19-6-4-3-5-7-19)28(32-24)20-8-10-21(11-9-20)29(31)17-30(36,18-29)22-12-13-22;1-2;/h3-15,18-20,26,46H,2,16-17,21-22H2,1H3;3-11,14-16,22,36H,2,12-13,17-18,31H2,1H3;1-2H;1H. The molecule has 7 heterocycles. The van der Waals surface area contributed by atoms with Crippen LogP contribution in [0, 0.1) is 22.9 Å². The third-order valence-corrected chi connectivity index (χ3v) is 18.4. The van der Waals surface area contributed by atoms with Gasteiger partial charge in [-0.25, -0.2) is 21.0 Å². The minimum absolute atomic E-state index is 0. The lowest BCUT2D eigenvalue weighted by atomic mass is 9.58. The Kier molecular flexibility index (Phi) is 12.6. The summed E-state index contributed by atoms with van der Waals surface area (Å²) in [7, 11) is 0. The first-order valence-electron chi connectivity index (χ1n) is 29.0. The summed E-state index contributed by atoms with van der Waals surface area (Å²) in [4.78, 5) is 39.3. The molecule has 6 N–H and O–H groups in total. The van der Waals surface area contributed by atoms with E-state index in [0.29, 0.717) is 42.7 Å². The number of pyridine rings is 4. The first kappa shape index (κ1) is 52.8. The lowest BCUT2D eigenvalue weighted by Gasteiger charge is -2.57. The monoisotopic (exact) mass is 1110 g/mol. The van der Waals surface area contributed by atoms with Crippen molar-refractivity contribution in [3.63, 3.8) is 0 Å². The van der Waals surface area contributed by atoms with Crippen molar-refractivity contribution in [2.45, 2.75) is 100 Å². The number of aryl methyl sites for hydroxylation is 2. The van der Waals surface area contributed by atoms with E-state index in [1.807, 2.05) is 72.8 Å². The third kappa shape index (κ3) is 8.52. The van der Waals surface area contributed by atoms with Crippen molar-refractivity contribution in [2.75, 3.05) is 0 Å². The van der Waals surface area contributed by atoms with Gasteiger partial charge in [-0.15, -0.1) is 20.4 Å². The molecule has 0 atom stereocenters. The smallest absolute Gasteiger partial charge is 0.262 e. The number of imide groups is 1. The van der Waals surface area contributed by atoms with Gasteiger partial charge in [0.2, 0.25) is 0 Å². The summed E-state index contributed by atoms with van der Waals surface area (Å²) in [6.07, 6.45) is 7.71. The van der Waals surface area contributed by atoms with Crippen LogP contribution in [0.3, 0.4) is 0 Å². The van der Waals surface area contributed by atoms with Crippen molar-refractivity contribution < 1.29 is 21.2 Å². The van der Waals surface area contributed by atoms with Crippen molar-refractivity contribution in [3.05, 3.63) is 204 Å². The van der Waals surface area contributed by atoms with E-state index in [-0.39, 0.29) is 19.2 Å². The van der Waals surface area contributed by atoms with Crippen LogP contribution in [0.15, 0.2) is 170 Å². The number of amides is 2. The second kappa shape index (κ2) is 20.0. The molecule has 16 rings (SSSR count). The molecule has 0 unspecified atom stereocenters. The van der Waals surface area contributed by atoms with Crippen molar-refractivity contribution >= 4 is 45.2 Å². The Balaban J connectivity index is 0.000000156. The summed E-state index contributed by atoms with van der Waals surface area (Å²) in [5, 5.41) is 39.8. The van der Waals surface area contributed by atoms with Gasteiger partial charge in [0.05, 0.1) is 61.3 Å². The molecular formula is C68H64N12O4. The number of hydrogen-bond donors (Lipinski definition) is 5. The Labute approximate surface area is 485 Å². The summed E-state index contributed by atoms with van der Waals surface area (Å²) in [5.74, 6) is 1.87. The highest BCUT2D eigenvalue weighted by atomic mass is 16.3.